The lowest BCUT2D eigenvalue weighted by Crippen LogP contribution is -2.47. The quantitative estimate of drug-likeness (QED) is 0.227. The SMILES string of the molecule is O=C1NCc2c1ccc1c2OCC12CCN(CC1CCC(N3CCC[C@H](c4ccc5c(c4)-n4c(nc(=O)c6c(Cl)cccc64)C54CCCCC4)C3)CC1)CC2. The van der Waals surface area contributed by atoms with Crippen LogP contribution >= 0.6 is 11.6 Å². The summed E-state index contributed by atoms with van der Waals surface area (Å²) in [6.45, 7) is 7.18. The fourth-order valence-electron chi connectivity index (χ4n) is 12.3. The highest BCUT2D eigenvalue weighted by atomic mass is 35.5. The van der Waals surface area contributed by atoms with Gasteiger partial charge < -0.3 is 15.0 Å². The predicted octanol–water partition coefficient (Wildman–Crippen LogP) is 8.01. The van der Waals surface area contributed by atoms with Gasteiger partial charge in [-0.3, -0.25) is 19.1 Å². The summed E-state index contributed by atoms with van der Waals surface area (Å²) in [4.78, 5) is 36.1. The number of hydrogen-bond acceptors (Lipinski definition) is 6. The van der Waals surface area contributed by atoms with Crippen LogP contribution < -0.4 is 15.6 Å². The van der Waals surface area contributed by atoms with E-state index in [-0.39, 0.29) is 22.3 Å². The average Bonchev–Trinajstić information content (AvgIpc) is 3.86. The molecule has 2 spiro atoms. The van der Waals surface area contributed by atoms with Crippen molar-refractivity contribution in [1.29, 1.82) is 0 Å². The second kappa shape index (κ2) is 13.2. The Morgan fingerprint density at radius 2 is 1.69 bits per heavy atom. The van der Waals surface area contributed by atoms with Gasteiger partial charge in [0.05, 0.1) is 33.6 Å². The Hall–Kier alpha value is -3.72. The molecule has 3 aromatic carbocycles. The van der Waals surface area contributed by atoms with Crippen LogP contribution in [-0.4, -0.2) is 70.6 Å². The van der Waals surface area contributed by atoms with Crippen LogP contribution in [0.3, 0.4) is 0 Å². The Kier molecular flexibility index (Phi) is 8.27. The number of likely N-dealkylation sites (tertiary alicyclic amines) is 2. The summed E-state index contributed by atoms with van der Waals surface area (Å²) in [6, 6.07) is 18.0. The molecule has 0 unspecified atom stereocenters. The number of carbonyl (C=O) groups is 1. The molecule has 8 nitrogen and oxygen atoms in total. The zero-order valence-electron chi connectivity index (χ0n) is 31.9. The fraction of sp³-hybridized carbons (Fsp3) is 0.543. The summed E-state index contributed by atoms with van der Waals surface area (Å²) in [7, 11) is 0. The zero-order chi connectivity index (χ0) is 36.9. The smallest absolute Gasteiger partial charge is 0.282 e. The molecule has 7 aliphatic rings. The Morgan fingerprint density at radius 1 is 0.873 bits per heavy atom. The van der Waals surface area contributed by atoms with Crippen LogP contribution in [0, 0.1) is 5.92 Å². The van der Waals surface area contributed by atoms with Gasteiger partial charge in [-0.1, -0.05) is 55.1 Å². The highest BCUT2D eigenvalue weighted by Crippen LogP contribution is 2.53. The van der Waals surface area contributed by atoms with Gasteiger partial charge in [-0.25, -0.2) is 0 Å². The third kappa shape index (κ3) is 5.40. The first kappa shape index (κ1) is 34.5. The molecule has 1 amide bonds. The van der Waals surface area contributed by atoms with Crippen molar-refractivity contribution in [2.45, 2.75) is 113 Å². The Morgan fingerprint density at radius 3 is 2.53 bits per heavy atom. The average molecular weight is 758 g/mol. The second-order valence-electron chi connectivity index (χ2n) is 18.2. The molecule has 0 bridgehead atoms. The van der Waals surface area contributed by atoms with Crippen LogP contribution in [0.25, 0.3) is 16.6 Å². The van der Waals surface area contributed by atoms with Gasteiger partial charge >= 0.3 is 0 Å². The van der Waals surface area contributed by atoms with Gasteiger partial charge in [0.2, 0.25) is 0 Å². The number of halogens is 1. The highest BCUT2D eigenvalue weighted by Gasteiger charge is 2.48. The molecule has 55 heavy (non-hydrogen) atoms. The molecule has 6 heterocycles. The van der Waals surface area contributed by atoms with E-state index < -0.39 is 0 Å². The van der Waals surface area contributed by atoms with Crippen molar-refractivity contribution >= 4 is 28.4 Å². The maximum atomic E-state index is 13.4. The van der Waals surface area contributed by atoms with E-state index in [9.17, 15) is 9.59 Å². The second-order valence-corrected chi connectivity index (χ2v) is 18.6. The summed E-state index contributed by atoms with van der Waals surface area (Å²) < 4.78 is 8.63. The number of amides is 1. The van der Waals surface area contributed by atoms with Gasteiger partial charge in [0.1, 0.15) is 11.6 Å². The van der Waals surface area contributed by atoms with Crippen molar-refractivity contribution in [3.63, 3.8) is 0 Å². The lowest BCUT2D eigenvalue weighted by atomic mass is 9.69. The lowest BCUT2D eigenvalue weighted by Gasteiger charge is -2.43. The number of carbonyl (C=O) groups excluding carboxylic acids is 1. The van der Waals surface area contributed by atoms with E-state index in [4.69, 9.17) is 21.3 Å². The molecule has 1 aromatic heterocycles. The first-order valence-corrected chi connectivity index (χ1v) is 21.7. The third-order valence-electron chi connectivity index (χ3n) is 15.4. The number of ether oxygens (including phenoxy) is 1. The number of fused-ring (bicyclic) bond motifs is 11. The van der Waals surface area contributed by atoms with Gasteiger partial charge in [-0.2, -0.15) is 4.98 Å². The minimum Gasteiger partial charge on any atom is -0.492 e. The monoisotopic (exact) mass is 757 g/mol. The lowest BCUT2D eigenvalue weighted by molar-refractivity contribution is 0.0795. The van der Waals surface area contributed by atoms with E-state index >= 15 is 0 Å². The number of hydrogen-bond donors (Lipinski definition) is 1. The molecule has 286 valence electrons. The predicted molar refractivity (Wildman–Crippen MR) is 216 cm³/mol. The number of nitrogens with zero attached hydrogens (tertiary/aromatic N) is 4. The molecule has 2 saturated heterocycles. The van der Waals surface area contributed by atoms with Crippen molar-refractivity contribution in [2.24, 2.45) is 5.92 Å². The standard InChI is InChI=1S/C46H52ClN5O3/c47-37-7-4-8-38-40(37)43(54)49-44-46(17-2-1-3-18-46)35-15-11-30(24-39(35)52(38)44)31-6-5-21-51(27-31)32-12-9-29(10-13-32)26-50-22-19-45(20-23-50)28-55-41-34-25-48-42(53)33(34)14-16-36(41)45/h4,7-8,11,14-16,24,29,31-32H,1-3,5-6,9-10,12-13,17-23,25-28H2,(H,48,53)/t29?,31-,32?/m0/s1. The van der Waals surface area contributed by atoms with E-state index in [0.717, 1.165) is 98.9 Å². The topological polar surface area (TPSA) is 79.7 Å². The molecule has 1 atom stereocenters. The number of aromatic nitrogens is 2. The summed E-state index contributed by atoms with van der Waals surface area (Å²) in [5.74, 6) is 3.25. The Bertz CT molecular complexity index is 2260. The molecule has 5 aliphatic heterocycles. The molecule has 9 heteroatoms. The first-order valence-electron chi connectivity index (χ1n) is 21.3. The molecule has 0 radical (unpaired) electrons. The van der Waals surface area contributed by atoms with Crippen LogP contribution in [-0.2, 0) is 17.4 Å². The van der Waals surface area contributed by atoms with Crippen molar-refractivity contribution in [1.82, 2.24) is 24.7 Å². The van der Waals surface area contributed by atoms with Crippen molar-refractivity contribution < 1.29 is 9.53 Å². The van der Waals surface area contributed by atoms with Crippen LogP contribution in [0.1, 0.15) is 128 Å². The van der Waals surface area contributed by atoms with E-state index in [1.165, 1.54) is 80.4 Å². The van der Waals surface area contributed by atoms with E-state index in [2.05, 4.69) is 50.0 Å². The number of nitrogens with one attached hydrogen (secondary N) is 1. The van der Waals surface area contributed by atoms with Gasteiger partial charge in [0.25, 0.3) is 11.5 Å². The minimum atomic E-state index is -0.196. The summed E-state index contributed by atoms with van der Waals surface area (Å²) in [6.07, 6.45) is 15.7. The molecule has 4 fully saturated rings. The minimum absolute atomic E-state index is 0.0311. The molecular weight excluding hydrogens is 706 g/mol. The maximum Gasteiger partial charge on any atom is 0.282 e. The Labute approximate surface area is 328 Å². The van der Waals surface area contributed by atoms with Crippen LogP contribution in [0.15, 0.2) is 53.3 Å². The fourth-order valence-corrected chi connectivity index (χ4v) is 12.6. The number of benzene rings is 3. The summed E-state index contributed by atoms with van der Waals surface area (Å²) in [5, 5.41) is 4.00. The summed E-state index contributed by atoms with van der Waals surface area (Å²) in [5.41, 5.74) is 7.82. The van der Waals surface area contributed by atoms with Gasteiger partial charge in [-0.15, -0.1) is 0 Å². The van der Waals surface area contributed by atoms with Gasteiger partial charge in [-0.05, 0) is 131 Å². The van der Waals surface area contributed by atoms with Crippen molar-refractivity contribution in [2.75, 3.05) is 39.3 Å². The highest BCUT2D eigenvalue weighted by molar-refractivity contribution is 6.35. The van der Waals surface area contributed by atoms with Crippen molar-refractivity contribution in [3.05, 3.63) is 97.5 Å². The maximum absolute atomic E-state index is 13.4. The van der Waals surface area contributed by atoms with Crippen molar-refractivity contribution in [3.8, 4) is 11.4 Å². The largest absolute Gasteiger partial charge is 0.492 e. The normalized spacial score (nSPS) is 26.8. The van der Waals surface area contributed by atoms with Gasteiger partial charge in [0.15, 0.2) is 0 Å². The zero-order valence-corrected chi connectivity index (χ0v) is 32.6. The van der Waals surface area contributed by atoms with Crippen LogP contribution in [0.2, 0.25) is 5.02 Å². The molecule has 2 saturated carbocycles. The molecule has 2 aliphatic carbocycles. The Balaban J connectivity index is 0.757. The number of rotatable bonds is 4. The third-order valence-corrected chi connectivity index (χ3v) is 15.7. The molecular formula is C46H52ClN5O3. The van der Waals surface area contributed by atoms with Gasteiger partial charge in [0, 0.05) is 47.8 Å². The molecule has 1 N–H and O–H groups in total. The van der Waals surface area contributed by atoms with E-state index in [0.29, 0.717) is 28.9 Å². The van der Waals surface area contributed by atoms with E-state index in [1.54, 1.807) is 0 Å². The number of piperidine rings is 2. The summed E-state index contributed by atoms with van der Waals surface area (Å²) >= 11 is 6.65. The van der Waals surface area contributed by atoms with E-state index in [1.807, 2.05) is 18.2 Å². The molecule has 4 aromatic rings. The van der Waals surface area contributed by atoms with Crippen LogP contribution in [0.5, 0.6) is 5.75 Å². The first-order chi connectivity index (χ1) is 26.9. The van der Waals surface area contributed by atoms with Crippen LogP contribution in [0.4, 0.5) is 0 Å². The molecule has 11 rings (SSSR count).